The zero-order valence-electron chi connectivity index (χ0n) is 14.5. The van der Waals surface area contributed by atoms with Gasteiger partial charge < -0.3 is 20.1 Å². The van der Waals surface area contributed by atoms with Crippen LogP contribution in [0.2, 0.25) is 0 Å². The molecule has 2 fully saturated rings. The maximum atomic E-state index is 12.4. The van der Waals surface area contributed by atoms with E-state index in [0.717, 1.165) is 12.8 Å². The van der Waals surface area contributed by atoms with Crippen LogP contribution in [-0.4, -0.2) is 59.6 Å². The number of hydrogen-bond acceptors (Lipinski definition) is 4. The summed E-state index contributed by atoms with van der Waals surface area (Å²) < 4.78 is 4.92. The van der Waals surface area contributed by atoms with Crippen molar-refractivity contribution >= 4 is 17.8 Å². The van der Waals surface area contributed by atoms with Crippen molar-refractivity contribution in [3.05, 3.63) is 0 Å². The summed E-state index contributed by atoms with van der Waals surface area (Å²) in [5.74, 6) is -1.21. The molecule has 0 spiro atoms. The second kappa shape index (κ2) is 7.96. The molecule has 1 saturated heterocycles. The van der Waals surface area contributed by atoms with E-state index in [1.54, 1.807) is 0 Å². The molecular weight excluding hydrogens is 312 g/mol. The molecule has 2 aliphatic rings. The van der Waals surface area contributed by atoms with Crippen LogP contribution in [0.3, 0.4) is 0 Å². The molecule has 1 aliphatic carbocycles. The van der Waals surface area contributed by atoms with Crippen LogP contribution in [0.15, 0.2) is 0 Å². The Labute approximate surface area is 142 Å². The first kappa shape index (κ1) is 18.7. The number of amides is 2. The van der Waals surface area contributed by atoms with Crippen LogP contribution in [0.1, 0.15) is 51.9 Å². The smallest absolute Gasteiger partial charge is 0.345 e. The van der Waals surface area contributed by atoms with E-state index in [1.165, 1.54) is 31.8 Å². The van der Waals surface area contributed by atoms with Crippen LogP contribution >= 0.6 is 0 Å². The molecule has 1 heterocycles. The van der Waals surface area contributed by atoms with Gasteiger partial charge in [-0.15, -0.1) is 0 Å². The van der Waals surface area contributed by atoms with Gasteiger partial charge in [-0.25, -0.2) is 4.79 Å². The minimum Gasteiger partial charge on any atom is -0.479 e. The van der Waals surface area contributed by atoms with Gasteiger partial charge in [0.15, 0.2) is 0 Å². The van der Waals surface area contributed by atoms with Gasteiger partial charge in [0, 0.05) is 32.7 Å². The fourth-order valence-corrected chi connectivity index (χ4v) is 3.56. The number of carboxylic acids is 1. The van der Waals surface area contributed by atoms with Gasteiger partial charge in [0.1, 0.15) is 0 Å². The van der Waals surface area contributed by atoms with E-state index in [4.69, 9.17) is 4.74 Å². The average molecular weight is 340 g/mol. The number of ether oxygens (including phenoxy) is 1. The molecule has 24 heavy (non-hydrogen) atoms. The highest BCUT2D eigenvalue weighted by Crippen LogP contribution is 2.27. The number of carboxylic acid groups (broad SMARTS) is 1. The van der Waals surface area contributed by atoms with Crippen LogP contribution in [0, 0.1) is 5.92 Å². The molecule has 0 aromatic heterocycles. The summed E-state index contributed by atoms with van der Waals surface area (Å²) in [6, 6.07) is 0.0570. The maximum Gasteiger partial charge on any atom is 0.345 e. The lowest BCUT2D eigenvalue weighted by Gasteiger charge is -2.36. The Balaban J connectivity index is 1.79. The van der Waals surface area contributed by atoms with Crippen molar-refractivity contribution in [3.8, 4) is 0 Å². The second-order valence-corrected chi connectivity index (χ2v) is 7.03. The fraction of sp³-hybridized carbons (Fsp3) is 0.824. The summed E-state index contributed by atoms with van der Waals surface area (Å²) in [7, 11) is 1.22. The highest BCUT2D eigenvalue weighted by atomic mass is 16.5. The third-order valence-electron chi connectivity index (χ3n) is 5.32. The summed E-state index contributed by atoms with van der Waals surface area (Å²) in [6.45, 7) is 2.13. The monoisotopic (exact) mass is 340 g/mol. The highest BCUT2D eigenvalue weighted by Gasteiger charge is 2.45. The molecule has 2 rings (SSSR count). The van der Waals surface area contributed by atoms with Gasteiger partial charge in [0.2, 0.25) is 11.5 Å². The van der Waals surface area contributed by atoms with E-state index in [-0.39, 0.29) is 11.9 Å². The largest absolute Gasteiger partial charge is 0.479 e. The second-order valence-electron chi connectivity index (χ2n) is 7.03. The zero-order valence-corrected chi connectivity index (χ0v) is 14.5. The van der Waals surface area contributed by atoms with Gasteiger partial charge in [-0.2, -0.15) is 0 Å². The van der Waals surface area contributed by atoms with E-state index in [1.807, 2.05) is 0 Å². The molecule has 7 nitrogen and oxygen atoms in total. The number of hydrogen-bond donors (Lipinski definition) is 2. The van der Waals surface area contributed by atoms with E-state index in [0.29, 0.717) is 38.3 Å². The first-order valence-electron chi connectivity index (χ1n) is 8.74. The summed E-state index contributed by atoms with van der Waals surface area (Å²) in [5, 5.41) is 12.3. The number of methoxy groups -OCH3 is 1. The molecule has 2 N–H and O–H groups in total. The number of carbonyl (C=O) groups is 3. The number of nitrogens with zero attached hydrogens (tertiary/aromatic N) is 1. The van der Waals surface area contributed by atoms with Gasteiger partial charge in [-0.05, 0) is 38.5 Å². The van der Waals surface area contributed by atoms with Crippen LogP contribution < -0.4 is 5.32 Å². The Hall–Kier alpha value is -1.63. The van der Waals surface area contributed by atoms with Gasteiger partial charge in [0.25, 0.3) is 5.91 Å². The summed E-state index contributed by atoms with van der Waals surface area (Å²) in [6.07, 6.45) is 6.61. The molecule has 0 aromatic rings. The Bertz CT molecular complexity index is 481. The predicted octanol–water partition coefficient (Wildman–Crippen LogP) is 1.16. The van der Waals surface area contributed by atoms with E-state index < -0.39 is 17.5 Å². The molecule has 1 unspecified atom stereocenters. The molecule has 1 aliphatic heterocycles. The average Bonchev–Trinajstić information content (AvgIpc) is 3.06. The Morgan fingerprint density at radius 2 is 1.75 bits per heavy atom. The number of rotatable bonds is 6. The van der Waals surface area contributed by atoms with Crippen molar-refractivity contribution in [3.63, 3.8) is 0 Å². The van der Waals surface area contributed by atoms with Gasteiger partial charge in [-0.3, -0.25) is 9.59 Å². The molecule has 0 radical (unpaired) electrons. The van der Waals surface area contributed by atoms with Crippen LogP contribution in [0.5, 0.6) is 0 Å². The molecule has 1 atom stereocenters. The van der Waals surface area contributed by atoms with Crippen LogP contribution in [0.4, 0.5) is 0 Å². The van der Waals surface area contributed by atoms with E-state index in [2.05, 4.69) is 5.32 Å². The van der Waals surface area contributed by atoms with Crippen LogP contribution in [0.25, 0.3) is 0 Å². The third kappa shape index (κ3) is 4.26. The molecule has 136 valence electrons. The molecule has 0 aromatic carbocycles. The number of aliphatic carboxylic acids is 1. The van der Waals surface area contributed by atoms with Crippen molar-refractivity contribution in [2.45, 2.75) is 63.5 Å². The molecule has 0 bridgehead atoms. The minimum absolute atomic E-state index is 0.0570. The topological polar surface area (TPSA) is 95.9 Å². The van der Waals surface area contributed by atoms with Crippen molar-refractivity contribution in [2.24, 2.45) is 5.92 Å². The molecule has 2 amide bonds. The number of nitrogens with one attached hydrogen (secondary N) is 1. The lowest BCUT2D eigenvalue weighted by atomic mass is 9.99. The zero-order chi connectivity index (χ0) is 17.7. The predicted molar refractivity (Wildman–Crippen MR) is 87.4 cm³/mol. The Morgan fingerprint density at radius 1 is 1.17 bits per heavy atom. The third-order valence-corrected chi connectivity index (χ3v) is 5.32. The van der Waals surface area contributed by atoms with Crippen molar-refractivity contribution < 1.29 is 24.2 Å². The van der Waals surface area contributed by atoms with Gasteiger partial charge >= 0.3 is 5.97 Å². The van der Waals surface area contributed by atoms with E-state index in [9.17, 15) is 19.5 Å². The first-order chi connectivity index (χ1) is 11.4. The number of piperidine rings is 1. The van der Waals surface area contributed by atoms with Gasteiger partial charge in [-0.1, -0.05) is 12.8 Å². The van der Waals surface area contributed by atoms with E-state index >= 15 is 0 Å². The standard InChI is InChI=1S/C17H28N2O5/c1-17(24-2,16(22)23)15(21)19-9-7-13(8-10-19)18-14(20)11-12-5-3-4-6-12/h12-13H,3-11H2,1-2H3,(H,18,20)(H,22,23). The maximum absolute atomic E-state index is 12.4. The number of likely N-dealkylation sites (tertiary alicyclic amines) is 1. The summed E-state index contributed by atoms with van der Waals surface area (Å²) >= 11 is 0. The normalized spacial score (nSPS) is 22.2. The highest BCUT2D eigenvalue weighted by molar-refractivity contribution is 6.05. The lowest BCUT2D eigenvalue weighted by Crippen LogP contribution is -2.56. The van der Waals surface area contributed by atoms with Crippen LogP contribution in [-0.2, 0) is 19.1 Å². The molecule has 1 saturated carbocycles. The van der Waals surface area contributed by atoms with Gasteiger partial charge in [0.05, 0.1) is 0 Å². The summed E-state index contributed by atoms with van der Waals surface area (Å²) in [4.78, 5) is 37.3. The molecular formula is C17H28N2O5. The SMILES string of the molecule is COC(C)(C(=O)O)C(=O)N1CCC(NC(=O)CC2CCCC2)CC1. The molecule has 7 heteroatoms. The van der Waals surface area contributed by atoms with Crippen molar-refractivity contribution in [2.75, 3.05) is 20.2 Å². The Kier molecular flexibility index (Phi) is 6.21. The Morgan fingerprint density at radius 3 is 2.25 bits per heavy atom. The number of carbonyl (C=O) groups excluding carboxylic acids is 2. The minimum atomic E-state index is -1.85. The fourth-order valence-electron chi connectivity index (χ4n) is 3.56. The van der Waals surface area contributed by atoms with Crippen molar-refractivity contribution in [1.82, 2.24) is 10.2 Å². The first-order valence-corrected chi connectivity index (χ1v) is 8.74. The summed E-state index contributed by atoms with van der Waals surface area (Å²) in [5.41, 5.74) is -1.85. The quantitative estimate of drug-likeness (QED) is 0.708. The lowest BCUT2D eigenvalue weighted by molar-refractivity contribution is -0.173. The van der Waals surface area contributed by atoms with Crippen molar-refractivity contribution in [1.29, 1.82) is 0 Å².